The fourth-order valence-corrected chi connectivity index (χ4v) is 2.54. The van der Waals surface area contributed by atoms with Gasteiger partial charge in [0.2, 0.25) is 5.91 Å². The highest BCUT2D eigenvalue weighted by atomic mass is 19.4. The van der Waals surface area contributed by atoms with Crippen molar-refractivity contribution in [2.24, 2.45) is 0 Å². The zero-order valence-corrected chi connectivity index (χ0v) is 13.8. The Balaban J connectivity index is 1.96. The molecule has 5 nitrogen and oxygen atoms in total. The zero-order chi connectivity index (χ0) is 18.4. The van der Waals surface area contributed by atoms with Crippen molar-refractivity contribution in [3.63, 3.8) is 0 Å². The predicted molar refractivity (Wildman–Crippen MR) is 85.9 cm³/mol. The number of benzene rings is 1. The van der Waals surface area contributed by atoms with Crippen molar-refractivity contribution < 1.29 is 27.5 Å². The number of hydrogen-bond donors (Lipinski definition) is 0. The fourth-order valence-electron chi connectivity index (χ4n) is 2.54. The second-order valence-electron chi connectivity index (χ2n) is 5.58. The average molecular weight is 356 g/mol. The molecule has 0 aliphatic carbocycles. The summed E-state index contributed by atoms with van der Waals surface area (Å²) in [6.45, 7) is 0.241. The van der Waals surface area contributed by atoms with E-state index in [4.69, 9.17) is 4.74 Å². The molecule has 0 unspecified atom stereocenters. The highest BCUT2D eigenvalue weighted by Gasteiger charge is 2.42. The lowest BCUT2D eigenvalue weighted by Gasteiger charge is -2.22. The van der Waals surface area contributed by atoms with Gasteiger partial charge in [-0.25, -0.2) is 0 Å². The van der Waals surface area contributed by atoms with Crippen LogP contribution in [0.1, 0.15) is 12.0 Å². The highest BCUT2D eigenvalue weighted by Crippen LogP contribution is 2.20. The lowest BCUT2D eigenvalue weighted by atomic mass is 10.2. The molecule has 1 heterocycles. The van der Waals surface area contributed by atoms with E-state index < -0.39 is 12.1 Å². The van der Waals surface area contributed by atoms with Gasteiger partial charge in [0.25, 0.3) is 0 Å². The number of hydrogen-bond acceptors (Lipinski definition) is 3. The van der Waals surface area contributed by atoms with Crippen LogP contribution in [0.25, 0.3) is 6.08 Å². The van der Waals surface area contributed by atoms with Gasteiger partial charge in [-0.15, -0.1) is 0 Å². The number of carbonyl (C=O) groups is 2. The van der Waals surface area contributed by atoms with Crippen molar-refractivity contribution in [2.75, 3.05) is 33.3 Å². The summed E-state index contributed by atoms with van der Waals surface area (Å²) in [4.78, 5) is 25.7. The van der Waals surface area contributed by atoms with E-state index in [1.807, 2.05) is 0 Å². The molecule has 0 N–H and O–H groups in total. The van der Waals surface area contributed by atoms with Crippen molar-refractivity contribution in [1.82, 2.24) is 9.80 Å². The third kappa shape index (κ3) is 5.23. The monoisotopic (exact) mass is 356 g/mol. The van der Waals surface area contributed by atoms with Crippen LogP contribution in [0.15, 0.2) is 30.3 Å². The first-order valence-corrected chi connectivity index (χ1v) is 7.78. The van der Waals surface area contributed by atoms with Gasteiger partial charge in [0.1, 0.15) is 5.75 Å². The number of carbonyl (C=O) groups excluding carboxylic acids is 2. The van der Waals surface area contributed by atoms with Crippen LogP contribution in [0, 0.1) is 0 Å². The molecule has 1 saturated heterocycles. The summed E-state index contributed by atoms with van der Waals surface area (Å²) in [6, 6.07) is 7.13. The number of rotatable bonds is 3. The molecule has 1 aromatic carbocycles. The van der Waals surface area contributed by atoms with Crippen molar-refractivity contribution in [1.29, 1.82) is 0 Å². The van der Waals surface area contributed by atoms with Gasteiger partial charge in [0.05, 0.1) is 7.11 Å². The van der Waals surface area contributed by atoms with Crippen LogP contribution in [0.5, 0.6) is 5.75 Å². The molecule has 1 fully saturated rings. The summed E-state index contributed by atoms with van der Waals surface area (Å²) in [7, 11) is 1.54. The molecule has 136 valence electrons. The molecule has 0 saturated carbocycles. The van der Waals surface area contributed by atoms with Gasteiger partial charge in [-0.3, -0.25) is 9.59 Å². The molecular weight excluding hydrogens is 337 g/mol. The van der Waals surface area contributed by atoms with Gasteiger partial charge in [-0.1, -0.05) is 12.1 Å². The van der Waals surface area contributed by atoms with Crippen LogP contribution < -0.4 is 4.74 Å². The smallest absolute Gasteiger partial charge is 0.471 e. The molecule has 0 bridgehead atoms. The van der Waals surface area contributed by atoms with Gasteiger partial charge in [-0.05, 0) is 30.2 Å². The number of amides is 2. The third-order valence-electron chi connectivity index (χ3n) is 3.85. The van der Waals surface area contributed by atoms with Crippen molar-refractivity contribution >= 4 is 17.9 Å². The molecule has 1 aliphatic heterocycles. The van der Waals surface area contributed by atoms with Crippen molar-refractivity contribution in [3.8, 4) is 5.75 Å². The Morgan fingerprint density at radius 3 is 2.48 bits per heavy atom. The number of ether oxygens (including phenoxy) is 1. The van der Waals surface area contributed by atoms with E-state index in [2.05, 4.69) is 0 Å². The predicted octanol–water partition coefficient (Wildman–Crippen LogP) is 2.33. The van der Waals surface area contributed by atoms with Crippen LogP contribution >= 0.6 is 0 Å². The number of methoxy groups -OCH3 is 1. The summed E-state index contributed by atoms with van der Waals surface area (Å²) in [5, 5.41) is 0. The highest BCUT2D eigenvalue weighted by molar-refractivity contribution is 5.92. The van der Waals surface area contributed by atoms with Gasteiger partial charge < -0.3 is 14.5 Å². The number of nitrogens with zero attached hydrogens (tertiary/aromatic N) is 2. The normalized spacial score (nSPS) is 16.0. The summed E-state index contributed by atoms with van der Waals surface area (Å²) in [5.74, 6) is -1.50. The fraction of sp³-hybridized carbons (Fsp3) is 0.412. The molecule has 0 radical (unpaired) electrons. The van der Waals surface area contributed by atoms with Crippen LogP contribution in [0.3, 0.4) is 0 Å². The average Bonchev–Trinajstić information content (AvgIpc) is 2.84. The third-order valence-corrected chi connectivity index (χ3v) is 3.85. The van der Waals surface area contributed by atoms with Gasteiger partial charge in [-0.2, -0.15) is 13.2 Å². The van der Waals surface area contributed by atoms with Crippen molar-refractivity contribution in [3.05, 3.63) is 35.9 Å². The molecular formula is C17H19F3N2O3. The van der Waals surface area contributed by atoms with E-state index in [9.17, 15) is 22.8 Å². The van der Waals surface area contributed by atoms with Gasteiger partial charge in [0, 0.05) is 32.3 Å². The summed E-state index contributed by atoms with van der Waals surface area (Å²) in [6.07, 6.45) is -1.59. The van der Waals surface area contributed by atoms with Crippen LogP contribution in [0.4, 0.5) is 13.2 Å². The number of alkyl halides is 3. The Morgan fingerprint density at radius 1 is 1.12 bits per heavy atom. The van der Waals surface area contributed by atoms with Gasteiger partial charge in [0.15, 0.2) is 0 Å². The SMILES string of the molecule is COc1cccc(/C=C/C(=O)N2CCCN(C(=O)C(F)(F)F)CC2)c1. The lowest BCUT2D eigenvalue weighted by Crippen LogP contribution is -2.43. The topological polar surface area (TPSA) is 49.9 Å². The van der Waals surface area contributed by atoms with Crippen LogP contribution in [-0.4, -0.2) is 61.1 Å². The first-order chi connectivity index (χ1) is 11.8. The molecule has 1 aromatic rings. The lowest BCUT2D eigenvalue weighted by molar-refractivity contribution is -0.185. The Labute approximate surface area is 143 Å². The quantitative estimate of drug-likeness (QED) is 0.781. The Bertz CT molecular complexity index is 659. The minimum atomic E-state index is -4.88. The molecule has 8 heteroatoms. The molecule has 2 amide bonds. The summed E-state index contributed by atoms with van der Waals surface area (Å²) < 4.78 is 42.6. The Morgan fingerprint density at radius 2 is 1.80 bits per heavy atom. The Hall–Kier alpha value is -2.51. The molecule has 0 aromatic heterocycles. The summed E-state index contributed by atoms with van der Waals surface area (Å²) >= 11 is 0. The first kappa shape index (κ1) is 18.8. The van der Waals surface area contributed by atoms with Crippen LogP contribution in [-0.2, 0) is 9.59 Å². The first-order valence-electron chi connectivity index (χ1n) is 7.78. The van der Waals surface area contributed by atoms with E-state index in [1.165, 1.54) is 11.0 Å². The maximum Gasteiger partial charge on any atom is 0.471 e. The molecule has 2 rings (SSSR count). The molecule has 0 spiro atoms. The molecule has 1 aliphatic rings. The largest absolute Gasteiger partial charge is 0.497 e. The maximum absolute atomic E-state index is 12.5. The summed E-state index contributed by atoms with van der Waals surface area (Å²) in [5.41, 5.74) is 0.774. The second-order valence-corrected chi connectivity index (χ2v) is 5.58. The minimum Gasteiger partial charge on any atom is -0.497 e. The molecule has 0 atom stereocenters. The van der Waals surface area contributed by atoms with Crippen molar-refractivity contribution in [2.45, 2.75) is 12.6 Å². The minimum absolute atomic E-state index is 0.0122. The Kier molecular flexibility index (Phi) is 6.06. The van der Waals surface area contributed by atoms with Gasteiger partial charge >= 0.3 is 12.1 Å². The standard InChI is InChI=1S/C17H19F3N2O3/c1-25-14-5-2-4-13(12-14)6-7-15(23)21-8-3-9-22(11-10-21)16(24)17(18,19)20/h2,4-7,12H,3,8-11H2,1H3/b7-6+. The van der Waals surface area contributed by atoms with E-state index in [1.54, 1.807) is 37.5 Å². The second kappa shape index (κ2) is 8.04. The van der Waals surface area contributed by atoms with E-state index in [-0.39, 0.29) is 25.5 Å². The zero-order valence-electron chi connectivity index (χ0n) is 13.8. The molecule has 25 heavy (non-hydrogen) atoms. The number of halogens is 3. The van der Waals surface area contributed by atoms with Crippen LogP contribution in [0.2, 0.25) is 0 Å². The maximum atomic E-state index is 12.5. The van der Waals surface area contributed by atoms with E-state index >= 15 is 0 Å². The van der Waals surface area contributed by atoms with E-state index in [0.717, 1.165) is 10.5 Å². The van der Waals surface area contributed by atoms with E-state index in [0.29, 0.717) is 18.7 Å².